The lowest BCUT2D eigenvalue weighted by Crippen LogP contribution is -2.42. The van der Waals surface area contributed by atoms with Crippen LogP contribution in [-0.2, 0) is 10.0 Å². The van der Waals surface area contributed by atoms with Crippen LogP contribution < -0.4 is 4.90 Å². The van der Waals surface area contributed by atoms with Crippen molar-refractivity contribution in [3.05, 3.63) is 40.9 Å². The van der Waals surface area contributed by atoms with Gasteiger partial charge in [-0.3, -0.25) is 9.69 Å². The fourth-order valence-corrected chi connectivity index (χ4v) is 6.29. The van der Waals surface area contributed by atoms with Crippen LogP contribution in [0.3, 0.4) is 0 Å². The van der Waals surface area contributed by atoms with Gasteiger partial charge in [0.15, 0.2) is 5.13 Å². The smallest absolute Gasteiger partial charge is 0.275 e. The third-order valence-corrected chi connectivity index (χ3v) is 7.78. The Balaban J connectivity index is 1.94. The minimum absolute atomic E-state index is 0.0910. The van der Waals surface area contributed by atoms with Gasteiger partial charge in [0.2, 0.25) is 10.0 Å². The lowest BCUT2D eigenvalue weighted by molar-refractivity contribution is -0.118. The maximum absolute atomic E-state index is 13.1. The molecule has 170 valence electrons. The maximum atomic E-state index is 13.1. The van der Waals surface area contributed by atoms with Crippen LogP contribution in [0, 0.1) is 18.8 Å². The van der Waals surface area contributed by atoms with E-state index in [1.165, 1.54) is 22.5 Å². The molecule has 31 heavy (non-hydrogen) atoms. The Morgan fingerprint density at radius 3 is 2.45 bits per heavy atom. The van der Waals surface area contributed by atoms with Crippen LogP contribution >= 0.6 is 11.3 Å². The van der Waals surface area contributed by atoms with Gasteiger partial charge in [-0.25, -0.2) is 13.4 Å². The van der Waals surface area contributed by atoms with Gasteiger partial charge in [-0.05, 0) is 43.4 Å². The van der Waals surface area contributed by atoms with Gasteiger partial charge in [-0.15, -0.1) is 11.3 Å². The number of amides is 1. The molecule has 0 radical (unpaired) electrons. The van der Waals surface area contributed by atoms with Gasteiger partial charge in [0.1, 0.15) is 6.54 Å². The normalized spacial score (nSPS) is 20.6. The van der Waals surface area contributed by atoms with Gasteiger partial charge in [-0.1, -0.05) is 19.9 Å². The third-order valence-electron chi connectivity index (χ3n) is 4.97. The molecule has 1 aliphatic heterocycles. The molecule has 0 N–H and O–H groups in total. The zero-order valence-corrected chi connectivity index (χ0v) is 19.0. The monoisotopic (exact) mass is 475 g/mol. The van der Waals surface area contributed by atoms with Crippen LogP contribution in [0.1, 0.15) is 36.3 Å². The number of piperidine rings is 1. The number of nitrogens with zero attached hydrogens (tertiary/aromatic N) is 3. The first-order valence-electron chi connectivity index (χ1n) is 9.78. The molecule has 1 aromatic heterocycles. The summed E-state index contributed by atoms with van der Waals surface area (Å²) in [7, 11) is -3.88. The number of benzene rings is 1. The van der Waals surface area contributed by atoms with E-state index in [4.69, 9.17) is 0 Å². The average molecular weight is 476 g/mol. The van der Waals surface area contributed by atoms with E-state index in [2.05, 4.69) is 4.98 Å². The van der Waals surface area contributed by atoms with Crippen LogP contribution in [0.2, 0.25) is 0 Å². The largest absolute Gasteiger partial charge is 0.406 e. The molecule has 1 fully saturated rings. The fraction of sp³-hybridized carbons (Fsp3) is 0.500. The summed E-state index contributed by atoms with van der Waals surface area (Å²) in [5, 5.41) is 1.46. The number of halogens is 3. The number of carbonyl (C=O) groups excluding carboxylic acids is 1. The number of anilines is 1. The second kappa shape index (κ2) is 8.87. The van der Waals surface area contributed by atoms with Gasteiger partial charge < -0.3 is 0 Å². The molecule has 1 saturated heterocycles. The van der Waals surface area contributed by atoms with E-state index < -0.39 is 28.7 Å². The Kier molecular flexibility index (Phi) is 6.78. The van der Waals surface area contributed by atoms with E-state index in [0.29, 0.717) is 23.7 Å². The van der Waals surface area contributed by atoms with Crippen LogP contribution in [0.25, 0.3) is 0 Å². The van der Waals surface area contributed by atoms with Crippen molar-refractivity contribution in [2.24, 2.45) is 11.8 Å². The summed E-state index contributed by atoms with van der Waals surface area (Å²) in [5.41, 5.74) is 0.348. The molecule has 2 aromatic rings. The molecule has 3 rings (SSSR count). The number of hydrogen-bond acceptors (Lipinski definition) is 5. The van der Waals surface area contributed by atoms with Gasteiger partial charge in [0, 0.05) is 24.0 Å². The minimum atomic E-state index is -4.64. The summed E-state index contributed by atoms with van der Waals surface area (Å²) in [6.45, 7) is 4.78. The maximum Gasteiger partial charge on any atom is 0.406 e. The summed E-state index contributed by atoms with van der Waals surface area (Å²) in [4.78, 5) is 17.4. The summed E-state index contributed by atoms with van der Waals surface area (Å²) < 4.78 is 67.1. The van der Waals surface area contributed by atoms with E-state index in [-0.39, 0.29) is 27.4 Å². The fourth-order valence-electron chi connectivity index (χ4n) is 3.77. The van der Waals surface area contributed by atoms with E-state index in [9.17, 15) is 26.4 Å². The molecule has 11 heteroatoms. The Labute approximate surface area is 183 Å². The van der Waals surface area contributed by atoms with Crippen LogP contribution in [0.4, 0.5) is 18.3 Å². The SMILES string of the molecule is Cc1csc(N(CC(F)(F)F)C(=O)c2cccc(S(=O)(=O)N3CC(C)CC(C)C3)c2)n1. The van der Waals surface area contributed by atoms with Crippen LogP contribution in [-0.4, -0.2) is 49.4 Å². The Morgan fingerprint density at radius 1 is 1.26 bits per heavy atom. The van der Waals surface area contributed by atoms with Crippen molar-refractivity contribution in [3.8, 4) is 0 Å². The molecule has 1 aromatic carbocycles. The third kappa shape index (κ3) is 5.64. The first kappa shape index (κ1) is 23.7. The van der Waals surface area contributed by atoms with Gasteiger partial charge in [-0.2, -0.15) is 17.5 Å². The Bertz CT molecular complexity index is 1040. The second-order valence-corrected chi connectivity index (χ2v) is 10.8. The Morgan fingerprint density at radius 2 is 1.90 bits per heavy atom. The number of thiazole rings is 1. The van der Waals surface area contributed by atoms with Crippen molar-refractivity contribution >= 4 is 32.4 Å². The summed E-state index contributed by atoms with van der Waals surface area (Å²) in [6, 6.07) is 5.19. The standard InChI is InChI=1S/C20H24F3N3O3S2/c1-13-7-14(2)10-25(9-13)31(28,29)17-6-4-5-16(8-17)18(27)26(12-20(21,22)23)19-24-15(3)11-30-19/h4-6,8,11,13-14H,7,9-10,12H2,1-3H3. The Hall–Kier alpha value is -1.98. The highest BCUT2D eigenvalue weighted by atomic mass is 32.2. The number of rotatable bonds is 5. The van der Waals surface area contributed by atoms with E-state index in [1.54, 1.807) is 12.3 Å². The summed E-state index contributed by atoms with van der Waals surface area (Å²) in [5.74, 6) is -0.568. The van der Waals surface area contributed by atoms with Gasteiger partial charge in [0.05, 0.1) is 10.6 Å². The number of alkyl halides is 3. The lowest BCUT2D eigenvalue weighted by Gasteiger charge is -2.34. The van der Waals surface area contributed by atoms with Gasteiger partial charge in [0.25, 0.3) is 5.91 Å². The van der Waals surface area contributed by atoms with Crippen LogP contribution in [0.5, 0.6) is 0 Å². The minimum Gasteiger partial charge on any atom is -0.275 e. The predicted octanol–water partition coefficient (Wildman–Crippen LogP) is 4.33. The highest BCUT2D eigenvalue weighted by molar-refractivity contribution is 7.89. The molecule has 6 nitrogen and oxygen atoms in total. The van der Waals surface area contributed by atoms with Crippen molar-refractivity contribution in [2.45, 2.75) is 38.3 Å². The average Bonchev–Trinajstić information content (AvgIpc) is 3.10. The van der Waals surface area contributed by atoms with Crippen molar-refractivity contribution in [1.29, 1.82) is 0 Å². The molecular weight excluding hydrogens is 451 g/mol. The second-order valence-electron chi connectivity index (χ2n) is 8.07. The lowest BCUT2D eigenvalue weighted by atomic mass is 9.94. The molecule has 1 amide bonds. The number of aryl methyl sites for hydroxylation is 1. The zero-order valence-electron chi connectivity index (χ0n) is 17.4. The van der Waals surface area contributed by atoms with Gasteiger partial charge >= 0.3 is 6.18 Å². The highest BCUT2D eigenvalue weighted by Gasteiger charge is 2.36. The van der Waals surface area contributed by atoms with Crippen molar-refractivity contribution in [3.63, 3.8) is 0 Å². The first-order valence-corrected chi connectivity index (χ1v) is 12.1. The highest BCUT2D eigenvalue weighted by Crippen LogP contribution is 2.29. The molecule has 0 spiro atoms. The number of hydrogen-bond donors (Lipinski definition) is 0. The molecular formula is C20H24F3N3O3S2. The van der Waals surface area contributed by atoms with E-state index in [0.717, 1.165) is 23.8 Å². The summed E-state index contributed by atoms with van der Waals surface area (Å²) in [6.07, 6.45) is -3.72. The summed E-state index contributed by atoms with van der Waals surface area (Å²) >= 11 is 0.922. The molecule has 0 saturated carbocycles. The predicted molar refractivity (Wildman–Crippen MR) is 113 cm³/mol. The van der Waals surface area contributed by atoms with Crippen molar-refractivity contribution in [1.82, 2.24) is 9.29 Å². The molecule has 0 aliphatic carbocycles. The van der Waals surface area contributed by atoms with E-state index in [1.807, 2.05) is 13.8 Å². The first-order chi connectivity index (χ1) is 14.4. The number of aromatic nitrogens is 1. The van der Waals surface area contributed by atoms with Crippen molar-refractivity contribution < 1.29 is 26.4 Å². The molecule has 2 atom stereocenters. The zero-order chi connectivity index (χ0) is 23.0. The molecule has 0 bridgehead atoms. The molecule has 2 unspecified atom stereocenters. The van der Waals surface area contributed by atoms with E-state index >= 15 is 0 Å². The number of carbonyl (C=O) groups is 1. The topological polar surface area (TPSA) is 70.6 Å². The number of sulfonamides is 1. The quantitative estimate of drug-likeness (QED) is 0.646. The molecule has 2 heterocycles. The van der Waals surface area contributed by atoms with Crippen LogP contribution in [0.15, 0.2) is 34.5 Å². The molecule has 1 aliphatic rings. The van der Waals surface area contributed by atoms with Crippen molar-refractivity contribution in [2.75, 3.05) is 24.5 Å².